The second-order valence-corrected chi connectivity index (χ2v) is 9.26. The highest BCUT2D eigenvalue weighted by Gasteiger charge is 2.21. The normalized spacial score (nSPS) is 11.9. The van der Waals surface area contributed by atoms with Crippen molar-refractivity contribution in [1.29, 1.82) is 0 Å². The Hall–Kier alpha value is -3.45. The number of hydrogen-bond acceptors (Lipinski definition) is 4. The van der Waals surface area contributed by atoms with Crippen molar-refractivity contribution in [3.63, 3.8) is 0 Å². The van der Waals surface area contributed by atoms with Crippen LogP contribution >= 0.6 is 11.8 Å². The lowest BCUT2D eigenvalue weighted by molar-refractivity contribution is -0.115. The van der Waals surface area contributed by atoms with Crippen LogP contribution in [0.3, 0.4) is 0 Å². The molecule has 0 fully saturated rings. The first-order chi connectivity index (χ1) is 15.9. The van der Waals surface area contributed by atoms with Gasteiger partial charge in [-0.1, -0.05) is 59.8 Å². The van der Waals surface area contributed by atoms with Crippen LogP contribution in [0.25, 0.3) is 11.4 Å². The number of aryl methyl sites for hydroxylation is 2. The molecule has 1 heterocycles. The second-order valence-electron chi connectivity index (χ2n) is 7.95. The Kier molecular flexibility index (Phi) is 6.89. The Morgan fingerprint density at radius 3 is 2.45 bits per heavy atom. The minimum Gasteiger partial charge on any atom is -0.325 e. The molecule has 4 aromatic rings. The van der Waals surface area contributed by atoms with E-state index in [-0.39, 0.29) is 11.7 Å². The van der Waals surface area contributed by atoms with Crippen LogP contribution in [0.4, 0.5) is 10.1 Å². The van der Waals surface area contributed by atoms with Crippen molar-refractivity contribution in [2.45, 2.75) is 37.7 Å². The second kappa shape index (κ2) is 10.0. The summed E-state index contributed by atoms with van der Waals surface area (Å²) in [6.07, 6.45) is 0. The van der Waals surface area contributed by atoms with E-state index >= 15 is 0 Å². The maximum atomic E-state index is 13.5. The molecule has 1 atom stereocenters. The number of amides is 1. The molecule has 4 rings (SSSR count). The molecule has 1 aromatic heterocycles. The first-order valence-electron chi connectivity index (χ1n) is 10.7. The summed E-state index contributed by atoms with van der Waals surface area (Å²) in [5, 5.41) is 12.0. The summed E-state index contributed by atoms with van der Waals surface area (Å²) in [6.45, 7) is 6.39. The molecular weight excluding hydrogens is 435 g/mol. The molecule has 0 bridgehead atoms. The van der Waals surface area contributed by atoms with Gasteiger partial charge in [0.2, 0.25) is 5.91 Å². The van der Waals surface area contributed by atoms with Gasteiger partial charge in [-0.05, 0) is 62.2 Å². The van der Waals surface area contributed by atoms with Crippen LogP contribution in [0.15, 0.2) is 78.0 Å². The highest BCUT2D eigenvalue weighted by atomic mass is 32.2. The van der Waals surface area contributed by atoms with Crippen LogP contribution in [0.5, 0.6) is 0 Å². The van der Waals surface area contributed by atoms with Gasteiger partial charge >= 0.3 is 0 Å². The third-order valence-corrected chi connectivity index (χ3v) is 6.37. The Morgan fingerprint density at radius 2 is 1.76 bits per heavy atom. The molecule has 1 unspecified atom stereocenters. The molecule has 3 aromatic carbocycles. The SMILES string of the molecule is Cc1ccc(NC(=O)C(C)Sc2nnc(-c3ccc(F)cc3)n2Cc2ccccc2)c(C)c1. The van der Waals surface area contributed by atoms with Crippen LogP contribution in [0.2, 0.25) is 0 Å². The molecule has 168 valence electrons. The number of nitrogens with one attached hydrogen (secondary N) is 1. The van der Waals surface area contributed by atoms with Gasteiger partial charge in [0.05, 0.1) is 11.8 Å². The average molecular weight is 461 g/mol. The summed E-state index contributed by atoms with van der Waals surface area (Å²) in [6, 6.07) is 22.1. The monoisotopic (exact) mass is 460 g/mol. The van der Waals surface area contributed by atoms with Crippen LogP contribution in [0.1, 0.15) is 23.6 Å². The van der Waals surface area contributed by atoms with Crippen LogP contribution in [0, 0.1) is 19.7 Å². The summed E-state index contributed by atoms with van der Waals surface area (Å²) in [7, 11) is 0. The maximum absolute atomic E-state index is 13.5. The maximum Gasteiger partial charge on any atom is 0.237 e. The van der Waals surface area contributed by atoms with Crippen molar-refractivity contribution >= 4 is 23.4 Å². The van der Waals surface area contributed by atoms with E-state index in [1.807, 2.05) is 73.9 Å². The molecule has 7 heteroatoms. The number of nitrogens with zero attached hydrogens (tertiary/aromatic N) is 3. The van der Waals surface area contributed by atoms with Gasteiger partial charge in [0.25, 0.3) is 0 Å². The van der Waals surface area contributed by atoms with Crippen LogP contribution in [-0.4, -0.2) is 25.9 Å². The Balaban J connectivity index is 1.59. The van der Waals surface area contributed by atoms with Crippen molar-refractivity contribution < 1.29 is 9.18 Å². The first kappa shape index (κ1) is 22.7. The smallest absolute Gasteiger partial charge is 0.237 e. The number of benzene rings is 3. The number of rotatable bonds is 7. The van der Waals surface area contributed by atoms with Gasteiger partial charge in [0.1, 0.15) is 5.82 Å². The Labute approximate surface area is 197 Å². The van der Waals surface area contributed by atoms with Crippen molar-refractivity contribution in [2.24, 2.45) is 0 Å². The molecule has 0 spiro atoms. The van der Waals surface area contributed by atoms with E-state index in [2.05, 4.69) is 15.5 Å². The van der Waals surface area contributed by atoms with E-state index in [1.54, 1.807) is 12.1 Å². The molecule has 0 aliphatic rings. The minimum atomic E-state index is -0.398. The number of carbonyl (C=O) groups is 1. The molecule has 1 N–H and O–H groups in total. The average Bonchev–Trinajstić information content (AvgIpc) is 3.18. The van der Waals surface area contributed by atoms with E-state index in [0.717, 1.165) is 27.9 Å². The lowest BCUT2D eigenvalue weighted by Gasteiger charge is -2.15. The van der Waals surface area contributed by atoms with Crippen LogP contribution < -0.4 is 5.32 Å². The third kappa shape index (κ3) is 5.49. The van der Waals surface area contributed by atoms with Gasteiger partial charge in [-0.25, -0.2) is 4.39 Å². The molecule has 0 radical (unpaired) electrons. The number of aromatic nitrogens is 3. The Bertz CT molecular complexity index is 1260. The highest BCUT2D eigenvalue weighted by molar-refractivity contribution is 8.00. The van der Waals surface area contributed by atoms with E-state index in [4.69, 9.17) is 0 Å². The highest BCUT2D eigenvalue weighted by Crippen LogP contribution is 2.29. The zero-order valence-corrected chi connectivity index (χ0v) is 19.6. The largest absolute Gasteiger partial charge is 0.325 e. The quantitative estimate of drug-likeness (QED) is 0.351. The molecule has 5 nitrogen and oxygen atoms in total. The van der Waals surface area contributed by atoms with Gasteiger partial charge in [-0.3, -0.25) is 9.36 Å². The van der Waals surface area contributed by atoms with Crippen molar-refractivity contribution in [2.75, 3.05) is 5.32 Å². The van der Waals surface area contributed by atoms with Gasteiger partial charge in [0.15, 0.2) is 11.0 Å². The van der Waals surface area contributed by atoms with Gasteiger partial charge < -0.3 is 5.32 Å². The molecule has 1 amide bonds. The molecule has 33 heavy (non-hydrogen) atoms. The molecule has 0 saturated heterocycles. The van der Waals surface area contributed by atoms with Crippen LogP contribution in [-0.2, 0) is 11.3 Å². The van der Waals surface area contributed by atoms with Crippen molar-refractivity contribution in [1.82, 2.24) is 14.8 Å². The van der Waals surface area contributed by atoms with E-state index in [0.29, 0.717) is 17.5 Å². The molecule has 0 aliphatic heterocycles. The predicted octanol–water partition coefficient (Wildman–Crippen LogP) is 5.87. The van der Waals surface area contributed by atoms with Gasteiger partial charge in [-0.15, -0.1) is 10.2 Å². The standard InChI is InChI=1S/C26H25FN4OS/c1-17-9-14-23(18(2)15-17)28-25(32)19(3)33-26-30-29-24(21-10-12-22(27)13-11-21)31(26)16-20-7-5-4-6-8-20/h4-15,19H,16H2,1-3H3,(H,28,32). The van der Waals surface area contributed by atoms with E-state index in [1.165, 1.54) is 23.9 Å². The summed E-state index contributed by atoms with van der Waals surface area (Å²) in [4.78, 5) is 12.9. The van der Waals surface area contributed by atoms with E-state index < -0.39 is 5.25 Å². The Morgan fingerprint density at radius 1 is 1.03 bits per heavy atom. The van der Waals surface area contributed by atoms with E-state index in [9.17, 15) is 9.18 Å². The summed E-state index contributed by atoms with van der Waals surface area (Å²) in [5.74, 6) is 0.215. The number of thioether (sulfide) groups is 1. The van der Waals surface area contributed by atoms with Crippen molar-refractivity contribution in [3.05, 3.63) is 95.3 Å². The first-order valence-corrected chi connectivity index (χ1v) is 11.6. The lowest BCUT2D eigenvalue weighted by atomic mass is 10.1. The number of hydrogen-bond donors (Lipinski definition) is 1. The number of anilines is 1. The molecule has 0 saturated carbocycles. The lowest BCUT2D eigenvalue weighted by Crippen LogP contribution is -2.23. The zero-order chi connectivity index (χ0) is 23.4. The third-order valence-electron chi connectivity index (χ3n) is 5.29. The summed E-state index contributed by atoms with van der Waals surface area (Å²) in [5.41, 5.74) is 4.81. The zero-order valence-electron chi connectivity index (χ0n) is 18.7. The molecule has 0 aliphatic carbocycles. The fraction of sp³-hybridized carbons (Fsp3) is 0.192. The summed E-state index contributed by atoms with van der Waals surface area (Å²) < 4.78 is 15.4. The van der Waals surface area contributed by atoms with Crippen molar-refractivity contribution in [3.8, 4) is 11.4 Å². The predicted molar refractivity (Wildman–Crippen MR) is 131 cm³/mol. The fourth-order valence-corrected chi connectivity index (χ4v) is 4.35. The fourth-order valence-electron chi connectivity index (χ4n) is 3.50. The minimum absolute atomic E-state index is 0.107. The summed E-state index contributed by atoms with van der Waals surface area (Å²) >= 11 is 1.35. The topological polar surface area (TPSA) is 59.8 Å². The number of halogens is 1. The number of carbonyl (C=O) groups excluding carboxylic acids is 1. The van der Waals surface area contributed by atoms with Gasteiger partial charge in [-0.2, -0.15) is 0 Å². The molecular formula is C26H25FN4OS. The van der Waals surface area contributed by atoms with Gasteiger partial charge in [0, 0.05) is 11.3 Å².